The van der Waals surface area contributed by atoms with Crippen molar-refractivity contribution in [2.45, 2.75) is 25.7 Å². The molecular formula is C17H15ClF3NO. The van der Waals surface area contributed by atoms with E-state index in [1.165, 1.54) is 23.3 Å². The summed E-state index contributed by atoms with van der Waals surface area (Å²) in [6.07, 6.45) is -3.54. The van der Waals surface area contributed by atoms with E-state index >= 15 is 0 Å². The van der Waals surface area contributed by atoms with E-state index in [4.69, 9.17) is 16.3 Å². The molecule has 0 unspecified atom stereocenters. The largest absolute Gasteiger partial charge is 0.489 e. The summed E-state index contributed by atoms with van der Waals surface area (Å²) in [6, 6.07) is 9.61. The van der Waals surface area contributed by atoms with E-state index in [-0.39, 0.29) is 17.4 Å². The Morgan fingerprint density at radius 1 is 1.09 bits per heavy atom. The molecule has 1 aliphatic heterocycles. The van der Waals surface area contributed by atoms with Crippen LogP contribution >= 0.6 is 11.6 Å². The quantitative estimate of drug-likeness (QED) is 0.882. The number of hydrogen-bond acceptors (Lipinski definition) is 2. The summed E-state index contributed by atoms with van der Waals surface area (Å²) in [6.45, 7) is 2.01. The highest BCUT2D eigenvalue weighted by molar-refractivity contribution is 6.31. The molecule has 0 radical (unpaired) electrons. The molecule has 0 aliphatic carbocycles. The number of rotatable bonds is 3. The molecule has 0 amide bonds. The number of nitrogens with one attached hydrogen (secondary N) is 1. The Kier molecular flexibility index (Phi) is 4.50. The number of fused-ring (bicyclic) bond motifs is 1. The molecule has 0 atom stereocenters. The maximum Gasteiger partial charge on any atom is 0.417 e. The first-order valence-electron chi connectivity index (χ1n) is 7.24. The molecule has 0 bridgehead atoms. The monoisotopic (exact) mass is 341 g/mol. The van der Waals surface area contributed by atoms with Crippen molar-refractivity contribution in [3.05, 3.63) is 63.7 Å². The van der Waals surface area contributed by atoms with Crippen LogP contribution in [0.1, 0.15) is 22.3 Å². The normalized spacial score (nSPS) is 14.4. The third kappa shape index (κ3) is 3.79. The van der Waals surface area contributed by atoms with Gasteiger partial charge in [-0.3, -0.25) is 0 Å². The van der Waals surface area contributed by atoms with Crippen LogP contribution in [-0.4, -0.2) is 6.54 Å². The van der Waals surface area contributed by atoms with Gasteiger partial charge in [0.1, 0.15) is 12.4 Å². The standard InChI is InChI=1S/C17H15ClF3NO/c18-16-4-3-14(8-15(16)17(19,20)21)23-10-11-1-2-13-9-22-6-5-12(13)7-11/h1-4,7-8,22H,5-6,9-10H2. The summed E-state index contributed by atoms with van der Waals surface area (Å²) < 4.78 is 44.0. The van der Waals surface area contributed by atoms with Crippen molar-refractivity contribution in [2.24, 2.45) is 0 Å². The van der Waals surface area contributed by atoms with E-state index in [1.54, 1.807) is 0 Å². The van der Waals surface area contributed by atoms with Crippen LogP contribution in [0.15, 0.2) is 36.4 Å². The van der Waals surface area contributed by atoms with Crippen LogP contribution in [0.25, 0.3) is 0 Å². The van der Waals surface area contributed by atoms with Crippen LogP contribution in [0.4, 0.5) is 13.2 Å². The molecule has 0 fully saturated rings. The first-order valence-corrected chi connectivity index (χ1v) is 7.62. The van der Waals surface area contributed by atoms with E-state index in [0.717, 1.165) is 31.1 Å². The third-order valence-corrected chi connectivity index (χ3v) is 4.14. The predicted molar refractivity (Wildman–Crippen MR) is 82.6 cm³/mol. The highest BCUT2D eigenvalue weighted by atomic mass is 35.5. The molecule has 2 aromatic rings. The molecular weight excluding hydrogens is 327 g/mol. The molecule has 0 saturated carbocycles. The lowest BCUT2D eigenvalue weighted by molar-refractivity contribution is -0.137. The van der Waals surface area contributed by atoms with Crippen molar-refractivity contribution < 1.29 is 17.9 Å². The minimum Gasteiger partial charge on any atom is -0.489 e. The SMILES string of the molecule is FC(F)(F)c1cc(OCc2ccc3c(c2)CCNC3)ccc1Cl. The summed E-state index contributed by atoms with van der Waals surface area (Å²) in [7, 11) is 0. The maximum absolute atomic E-state index is 12.8. The molecule has 3 rings (SSSR count). The van der Waals surface area contributed by atoms with Crippen molar-refractivity contribution in [2.75, 3.05) is 6.54 Å². The number of halogens is 4. The van der Waals surface area contributed by atoms with Gasteiger partial charge in [-0.2, -0.15) is 13.2 Å². The van der Waals surface area contributed by atoms with Crippen molar-refractivity contribution in [1.82, 2.24) is 5.32 Å². The van der Waals surface area contributed by atoms with Gasteiger partial charge in [-0.1, -0.05) is 29.8 Å². The van der Waals surface area contributed by atoms with Gasteiger partial charge in [-0.05, 0) is 47.9 Å². The topological polar surface area (TPSA) is 21.3 Å². The molecule has 122 valence electrons. The van der Waals surface area contributed by atoms with Crippen molar-refractivity contribution in [1.29, 1.82) is 0 Å². The van der Waals surface area contributed by atoms with Gasteiger partial charge in [-0.25, -0.2) is 0 Å². The Balaban J connectivity index is 1.73. The van der Waals surface area contributed by atoms with Gasteiger partial charge < -0.3 is 10.1 Å². The summed E-state index contributed by atoms with van der Waals surface area (Å²) >= 11 is 5.60. The van der Waals surface area contributed by atoms with Gasteiger partial charge in [0, 0.05) is 6.54 Å². The lowest BCUT2D eigenvalue weighted by Gasteiger charge is -2.18. The van der Waals surface area contributed by atoms with Gasteiger partial charge >= 0.3 is 6.18 Å². The molecule has 23 heavy (non-hydrogen) atoms. The second kappa shape index (κ2) is 6.42. The zero-order valence-corrected chi connectivity index (χ0v) is 13.0. The first-order chi connectivity index (χ1) is 10.9. The Morgan fingerprint density at radius 2 is 1.91 bits per heavy atom. The fourth-order valence-corrected chi connectivity index (χ4v) is 2.82. The fourth-order valence-electron chi connectivity index (χ4n) is 2.60. The average molecular weight is 342 g/mol. The zero-order valence-electron chi connectivity index (χ0n) is 12.2. The molecule has 2 aromatic carbocycles. The maximum atomic E-state index is 12.8. The number of benzene rings is 2. The van der Waals surface area contributed by atoms with Crippen LogP contribution in [0.3, 0.4) is 0 Å². The number of alkyl halides is 3. The highest BCUT2D eigenvalue weighted by Crippen LogP contribution is 2.36. The lowest BCUT2D eigenvalue weighted by Crippen LogP contribution is -2.23. The van der Waals surface area contributed by atoms with E-state index in [2.05, 4.69) is 11.4 Å². The summed E-state index contributed by atoms with van der Waals surface area (Å²) in [5, 5.41) is 2.97. The van der Waals surface area contributed by atoms with E-state index in [0.29, 0.717) is 0 Å². The third-order valence-electron chi connectivity index (χ3n) is 3.81. The van der Waals surface area contributed by atoms with Crippen molar-refractivity contribution in [3.63, 3.8) is 0 Å². The molecule has 1 N–H and O–H groups in total. The van der Waals surface area contributed by atoms with Gasteiger partial charge in [-0.15, -0.1) is 0 Å². The molecule has 0 aromatic heterocycles. The zero-order chi connectivity index (χ0) is 16.4. The van der Waals surface area contributed by atoms with E-state index < -0.39 is 11.7 Å². The van der Waals surface area contributed by atoms with Gasteiger partial charge in [0.25, 0.3) is 0 Å². The Labute approximate surface area is 137 Å². The fraction of sp³-hybridized carbons (Fsp3) is 0.294. The van der Waals surface area contributed by atoms with Crippen LogP contribution in [0.5, 0.6) is 5.75 Å². The van der Waals surface area contributed by atoms with Gasteiger partial charge in [0.05, 0.1) is 10.6 Å². The number of hydrogen-bond donors (Lipinski definition) is 1. The number of ether oxygens (including phenoxy) is 1. The predicted octanol–water partition coefficient (Wildman–Crippen LogP) is 4.58. The second-order valence-corrected chi connectivity index (χ2v) is 5.87. The van der Waals surface area contributed by atoms with Crippen molar-refractivity contribution >= 4 is 11.6 Å². The Morgan fingerprint density at radius 3 is 2.70 bits per heavy atom. The van der Waals surface area contributed by atoms with Crippen LogP contribution in [0, 0.1) is 0 Å². The molecule has 1 aliphatic rings. The molecule has 0 saturated heterocycles. The Bertz CT molecular complexity index is 715. The van der Waals surface area contributed by atoms with Crippen molar-refractivity contribution in [3.8, 4) is 5.75 Å². The van der Waals surface area contributed by atoms with Gasteiger partial charge in [0.2, 0.25) is 0 Å². The van der Waals surface area contributed by atoms with E-state index in [1.807, 2.05) is 12.1 Å². The summed E-state index contributed by atoms with van der Waals surface area (Å²) in [5.74, 6) is 0.154. The van der Waals surface area contributed by atoms with Crippen LogP contribution < -0.4 is 10.1 Å². The smallest absolute Gasteiger partial charge is 0.417 e. The van der Waals surface area contributed by atoms with E-state index in [9.17, 15) is 13.2 Å². The molecule has 6 heteroatoms. The molecule has 1 heterocycles. The highest BCUT2D eigenvalue weighted by Gasteiger charge is 2.33. The lowest BCUT2D eigenvalue weighted by atomic mass is 9.99. The first kappa shape index (κ1) is 16.1. The minimum absolute atomic E-state index is 0.154. The van der Waals surface area contributed by atoms with Crippen LogP contribution in [-0.2, 0) is 25.7 Å². The molecule has 2 nitrogen and oxygen atoms in total. The average Bonchev–Trinajstić information content (AvgIpc) is 2.53. The summed E-state index contributed by atoms with van der Waals surface area (Å²) in [4.78, 5) is 0. The Hall–Kier alpha value is -1.72. The molecule has 0 spiro atoms. The van der Waals surface area contributed by atoms with Crippen LogP contribution in [0.2, 0.25) is 5.02 Å². The summed E-state index contributed by atoms with van der Waals surface area (Å²) in [5.41, 5.74) is 2.57. The second-order valence-electron chi connectivity index (χ2n) is 5.46. The minimum atomic E-state index is -4.49. The van der Waals surface area contributed by atoms with Gasteiger partial charge in [0.15, 0.2) is 0 Å².